The minimum Gasteiger partial charge on any atom is -0.369 e. The number of hydrogen-bond donors (Lipinski definition) is 4. The Morgan fingerprint density at radius 1 is 1.25 bits per heavy atom. The Morgan fingerprint density at radius 3 is 2.85 bits per heavy atom. The molecule has 20 heavy (non-hydrogen) atoms. The first-order valence-electron chi connectivity index (χ1n) is 6.28. The van der Waals surface area contributed by atoms with Gasteiger partial charge in [0, 0.05) is 5.69 Å². The van der Waals surface area contributed by atoms with E-state index in [1.54, 1.807) is 0 Å². The molecule has 7 heteroatoms. The van der Waals surface area contributed by atoms with Gasteiger partial charge < -0.3 is 16.0 Å². The quantitative estimate of drug-likeness (QED) is 0.576. The maximum absolute atomic E-state index is 11.7. The highest BCUT2D eigenvalue weighted by molar-refractivity contribution is 5.74. The zero-order valence-corrected chi connectivity index (χ0v) is 10.9. The van der Waals surface area contributed by atoms with Gasteiger partial charge in [0.15, 0.2) is 11.2 Å². The van der Waals surface area contributed by atoms with Gasteiger partial charge in [-0.15, -0.1) is 0 Å². The van der Waals surface area contributed by atoms with Gasteiger partial charge in [-0.05, 0) is 18.1 Å². The molecule has 0 atom stereocenters. The second kappa shape index (κ2) is 4.69. The van der Waals surface area contributed by atoms with Crippen LogP contribution in [0.1, 0.15) is 12.5 Å². The number of anilines is 3. The Kier molecular flexibility index (Phi) is 2.86. The summed E-state index contributed by atoms with van der Waals surface area (Å²) in [6, 6.07) is 7.91. The molecule has 0 spiro atoms. The average Bonchev–Trinajstić information content (AvgIpc) is 2.82. The highest BCUT2D eigenvalue weighted by Gasteiger charge is 2.09. The van der Waals surface area contributed by atoms with Crippen LogP contribution in [0.5, 0.6) is 0 Å². The van der Waals surface area contributed by atoms with Crippen molar-refractivity contribution in [1.82, 2.24) is 19.9 Å². The van der Waals surface area contributed by atoms with Gasteiger partial charge in [-0.1, -0.05) is 25.1 Å². The van der Waals surface area contributed by atoms with E-state index in [4.69, 9.17) is 5.73 Å². The predicted molar refractivity (Wildman–Crippen MR) is 78.0 cm³/mol. The molecule has 102 valence electrons. The summed E-state index contributed by atoms with van der Waals surface area (Å²) >= 11 is 0. The molecule has 0 bridgehead atoms. The van der Waals surface area contributed by atoms with E-state index >= 15 is 0 Å². The van der Waals surface area contributed by atoms with Crippen LogP contribution in [-0.4, -0.2) is 19.9 Å². The van der Waals surface area contributed by atoms with Gasteiger partial charge in [-0.3, -0.25) is 9.78 Å². The lowest BCUT2D eigenvalue weighted by atomic mass is 10.1. The standard InChI is InChI=1S/C13H14N6O/c1-2-7-5-3-4-6-8(7)15-13-16-9-10(18-13)17-12(14)19-11(9)20/h3-6H,2H2,1H3,(H5,14,15,16,17,18,19,20). The van der Waals surface area contributed by atoms with Crippen LogP contribution < -0.4 is 16.6 Å². The molecule has 0 aliphatic rings. The minimum atomic E-state index is -0.336. The van der Waals surface area contributed by atoms with Crippen molar-refractivity contribution >= 4 is 28.7 Å². The first-order valence-corrected chi connectivity index (χ1v) is 6.28. The van der Waals surface area contributed by atoms with Gasteiger partial charge in [-0.2, -0.15) is 9.97 Å². The van der Waals surface area contributed by atoms with E-state index < -0.39 is 0 Å². The lowest BCUT2D eigenvalue weighted by Gasteiger charge is -2.07. The summed E-state index contributed by atoms with van der Waals surface area (Å²) in [5.74, 6) is 0.513. The zero-order chi connectivity index (χ0) is 14.1. The van der Waals surface area contributed by atoms with Gasteiger partial charge in [-0.25, -0.2) is 0 Å². The number of benzene rings is 1. The number of nitrogens with zero attached hydrogens (tertiary/aromatic N) is 2. The summed E-state index contributed by atoms with van der Waals surface area (Å²) in [5.41, 5.74) is 7.86. The number of hydrogen-bond acceptors (Lipinski definition) is 5. The molecule has 0 fully saturated rings. The molecule has 0 saturated heterocycles. The number of para-hydroxylation sites is 1. The zero-order valence-electron chi connectivity index (χ0n) is 10.9. The molecule has 2 heterocycles. The summed E-state index contributed by atoms with van der Waals surface area (Å²) in [6.07, 6.45) is 0.898. The van der Waals surface area contributed by atoms with E-state index in [2.05, 4.69) is 32.2 Å². The minimum absolute atomic E-state index is 0.0505. The first kappa shape index (κ1) is 12.2. The summed E-state index contributed by atoms with van der Waals surface area (Å²) in [4.78, 5) is 25.3. The third-order valence-corrected chi connectivity index (χ3v) is 3.03. The molecule has 0 aliphatic carbocycles. The van der Waals surface area contributed by atoms with Crippen LogP contribution in [0.15, 0.2) is 29.1 Å². The fraction of sp³-hybridized carbons (Fsp3) is 0.154. The van der Waals surface area contributed by atoms with E-state index in [1.165, 1.54) is 0 Å². The van der Waals surface area contributed by atoms with E-state index in [1.807, 2.05) is 24.3 Å². The van der Waals surface area contributed by atoms with E-state index in [-0.39, 0.29) is 11.5 Å². The molecular formula is C13H14N6O. The van der Waals surface area contributed by atoms with E-state index in [0.29, 0.717) is 17.1 Å². The van der Waals surface area contributed by atoms with Gasteiger partial charge >= 0.3 is 0 Å². The topological polar surface area (TPSA) is 112 Å². The Bertz CT molecular complexity index is 819. The van der Waals surface area contributed by atoms with Crippen molar-refractivity contribution in [2.24, 2.45) is 0 Å². The number of imidazole rings is 1. The van der Waals surface area contributed by atoms with Crippen molar-refractivity contribution in [3.8, 4) is 0 Å². The third-order valence-electron chi connectivity index (χ3n) is 3.03. The van der Waals surface area contributed by atoms with Gasteiger partial charge in [0.05, 0.1) is 0 Å². The number of rotatable bonds is 3. The molecule has 5 N–H and O–H groups in total. The number of fused-ring (bicyclic) bond motifs is 1. The van der Waals surface area contributed by atoms with E-state index in [0.717, 1.165) is 17.7 Å². The molecule has 1 aromatic carbocycles. The molecule has 7 nitrogen and oxygen atoms in total. The van der Waals surface area contributed by atoms with Crippen LogP contribution in [0, 0.1) is 0 Å². The van der Waals surface area contributed by atoms with Crippen LogP contribution in [0.4, 0.5) is 17.6 Å². The van der Waals surface area contributed by atoms with Crippen molar-refractivity contribution in [3.63, 3.8) is 0 Å². The maximum atomic E-state index is 11.7. The lowest BCUT2D eigenvalue weighted by Crippen LogP contribution is -2.10. The highest BCUT2D eigenvalue weighted by atomic mass is 16.1. The molecule has 0 amide bonds. The number of H-pyrrole nitrogens is 2. The fourth-order valence-corrected chi connectivity index (χ4v) is 2.06. The number of nitrogens with one attached hydrogen (secondary N) is 3. The molecule has 0 saturated carbocycles. The summed E-state index contributed by atoms with van der Waals surface area (Å²) in [6.45, 7) is 2.08. The maximum Gasteiger partial charge on any atom is 0.278 e. The van der Waals surface area contributed by atoms with Gasteiger partial charge in [0.2, 0.25) is 11.9 Å². The molecule has 2 aromatic heterocycles. The summed E-state index contributed by atoms with van der Waals surface area (Å²) < 4.78 is 0. The van der Waals surface area contributed by atoms with Gasteiger partial charge in [0.1, 0.15) is 0 Å². The summed E-state index contributed by atoms with van der Waals surface area (Å²) in [7, 11) is 0. The van der Waals surface area contributed by atoms with E-state index in [9.17, 15) is 4.79 Å². The van der Waals surface area contributed by atoms with Crippen LogP contribution in [0.25, 0.3) is 11.2 Å². The second-order valence-corrected chi connectivity index (χ2v) is 4.37. The largest absolute Gasteiger partial charge is 0.369 e. The number of aromatic nitrogens is 4. The molecular weight excluding hydrogens is 256 g/mol. The number of aryl methyl sites for hydroxylation is 1. The van der Waals surface area contributed by atoms with Crippen LogP contribution in [-0.2, 0) is 6.42 Å². The Morgan fingerprint density at radius 2 is 2.05 bits per heavy atom. The molecule has 0 aliphatic heterocycles. The number of nitrogens with two attached hydrogens (primary N) is 1. The number of aromatic amines is 2. The Hall–Kier alpha value is -2.83. The Labute approximate surface area is 114 Å². The first-order chi connectivity index (χ1) is 9.67. The Balaban J connectivity index is 2.03. The van der Waals surface area contributed by atoms with Crippen LogP contribution in [0.3, 0.4) is 0 Å². The normalized spacial score (nSPS) is 10.8. The highest BCUT2D eigenvalue weighted by Crippen LogP contribution is 2.20. The lowest BCUT2D eigenvalue weighted by molar-refractivity contribution is 1.13. The van der Waals surface area contributed by atoms with Crippen molar-refractivity contribution < 1.29 is 0 Å². The molecule has 0 unspecified atom stereocenters. The van der Waals surface area contributed by atoms with Crippen LogP contribution >= 0.6 is 0 Å². The average molecular weight is 270 g/mol. The molecule has 0 radical (unpaired) electrons. The van der Waals surface area contributed by atoms with Crippen molar-refractivity contribution in [3.05, 3.63) is 40.2 Å². The second-order valence-electron chi connectivity index (χ2n) is 4.37. The summed E-state index contributed by atoms with van der Waals surface area (Å²) in [5, 5.41) is 3.16. The van der Waals surface area contributed by atoms with Gasteiger partial charge in [0.25, 0.3) is 5.56 Å². The van der Waals surface area contributed by atoms with Crippen molar-refractivity contribution in [2.45, 2.75) is 13.3 Å². The molecule has 3 rings (SSSR count). The fourth-order valence-electron chi connectivity index (χ4n) is 2.06. The SMILES string of the molecule is CCc1ccccc1Nc1nc2nc(N)[nH]c(=O)c2[nH]1. The third kappa shape index (κ3) is 2.09. The molecule has 3 aromatic rings. The smallest absolute Gasteiger partial charge is 0.278 e. The predicted octanol–water partition coefficient (Wildman–Crippen LogP) is 1.53. The monoisotopic (exact) mass is 270 g/mol. The van der Waals surface area contributed by atoms with Crippen LogP contribution in [0.2, 0.25) is 0 Å². The van der Waals surface area contributed by atoms with Crippen molar-refractivity contribution in [1.29, 1.82) is 0 Å². The number of nitrogen functional groups attached to an aromatic ring is 1. The van der Waals surface area contributed by atoms with Crippen molar-refractivity contribution in [2.75, 3.05) is 11.1 Å².